The molecule has 0 amide bonds. The zero-order valence-corrected chi connectivity index (χ0v) is 8.42. The average Bonchev–Trinajstić information content (AvgIpc) is 2.19. The molecule has 0 aromatic heterocycles. The zero-order chi connectivity index (χ0) is 7.27. The Hall–Kier alpha value is 0.438. The fraction of sp³-hybridized carbons (Fsp3) is 1.00. The first kappa shape index (κ1) is 7.11. The summed E-state index contributed by atoms with van der Waals surface area (Å²) in [5, 5.41) is 0. The predicted molar refractivity (Wildman–Crippen MR) is 41.0 cm³/mol. The maximum atomic E-state index is 5.73. The van der Waals surface area contributed by atoms with Crippen molar-refractivity contribution in [2.24, 2.45) is 0 Å². The number of rotatable bonds is 0. The zero-order valence-electron chi connectivity index (χ0n) is 6.54. The summed E-state index contributed by atoms with van der Waals surface area (Å²) in [6.07, 6.45) is 0. The third kappa shape index (κ3) is 0.782. The van der Waals surface area contributed by atoms with Crippen LogP contribution >= 0.6 is 0 Å². The van der Waals surface area contributed by atoms with Gasteiger partial charge in [-0.1, -0.05) is 0 Å². The molecule has 2 aliphatic rings. The van der Waals surface area contributed by atoms with Gasteiger partial charge in [0.25, 0.3) is 0 Å². The van der Waals surface area contributed by atoms with Crippen LogP contribution in [0.4, 0.5) is 0 Å². The van der Waals surface area contributed by atoms with Crippen LogP contribution in [0.5, 0.6) is 0 Å². The molecule has 0 unspecified atom stereocenters. The van der Waals surface area contributed by atoms with Crippen LogP contribution < -0.4 is 0 Å². The first-order chi connectivity index (χ1) is 4.60. The van der Waals surface area contributed by atoms with E-state index < -0.39 is 13.4 Å². The van der Waals surface area contributed by atoms with Gasteiger partial charge < -0.3 is 0 Å². The van der Waals surface area contributed by atoms with E-state index >= 15 is 0 Å². The van der Waals surface area contributed by atoms with E-state index in [1.165, 1.54) is 0 Å². The molecular weight excluding hydrogens is 193 g/mol. The molecule has 2 rings (SSSR count). The molecule has 3 nitrogen and oxygen atoms in total. The number of hydrogen-bond acceptors (Lipinski definition) is 3. The number of hydrogen-bond donors (Lipinski definition) is 0. The molecule has 10 heavy (non-hydrogen) atoms. The molecule has 4 heteroatoms. The second-order valence-electron chi connectivity index (χ2n) is 3.44. The maximum absolute atomic E-state index is 5.73. The third-order valence-corrected chi connectivity index (χ3v) is 10.5. The SMILES string of the molecule is C[As]12(C)OCCN1CCO2. The Balaban J connectivity index is 2.33. The van der Waals surface area contributed by atoms with Crippen LogP contribution in [-0.4, -0.2) is 43.5 Å². The van der Waals surface area contributed by atoms with Gasteiger partial charge in [0.15, 0.2) is 0 Å². The van der Waals surface area contributed by atoms with E-state index in [0.717, 1.165) is 26.3 Å². The van der Waals surface area contributed by atoms with Crippen molar-refractivity contribution in [2.75, 3.05) is 26.3 Å². The number of nitrogens with zero attached hydrogens (tertiary/aromatic N) is 1. The fourth-order valence-electron chi connectivity index (χ4n) is 1.69. The summed E-state index contributed by atoms with van der Waals surface area (Å²) in [7, 11) is 0. The van der Waals surface area contributed by atoms with E-state index in [4.69, 9.17) is 7.45 Å². The van der Waals surface area contributed by atoms with Crippen molar-refractivity contribution in [1.82, 2.24) is 3.82 Å². The van der Waals surface area contributed by atoms with Gasteiger partial charge in [-0.05, 0) is 0 Å². The van der Waals surface area contributed by atoms with Gasteiger partial charge >= 0.3 is 62.4 Å². The number of fused-ring (bicyclic) bond motifs is 1. The molecule has 0 radical (unpaired) electrons. The molecule has 2 fully saturated rings. The van der Waals surface area contributed by atoms with Crippen molar-refractivity contribution in [1.29, 1.82) is 0 Å². The Labute approximate surface area is 62.9 Å². The molecule has 2 heterocycles. The Morgan fingerprint density at radius 1 is 1.10 bits per heavy atom. The molecule has 0 spiro atoms. The summed E-state index contributed by atoms with van der Waals surface area (Å²) in [6.45, 7) is 3.91. The summed E-state index contributed by atoms with van der Waals surface area (Å²) in [4.78, 5) is 0. The van der Waals surface area contributed by atoms with Gasteiger partial charge in [0.1, 0.15) is 0 Å². The van der Waals surface area contributed by atoms with Crippen LogP contribution in [-0.2, 0) is 7.45 Å². The Morgan fingerprint density at radius 2 is 1.60 bits per heavy atom. The van der Waals surface area contributed by atoms with Crippen LogP contribution in [0.2, 0.25) is 11.4 Å². The Morgan fingerprint density at radius 3 is 2.00 bits per heavy atom. The first-order valence-electron chi connectivity index (χ1n) is 3.67. The van der Waals surface area contributed by atoms with Crippen molar-refractivity contribution in [3.63, 3.8) is 0 Å². The van der Waals surface area contributed by atoms with E-state index in [1.807, 2.05) is 0 Å². The molecule has 0 bridgehead atoms. The molecule has 60 valence electrons. The van der Waals surface area contributed by atoms with Crippen molar-refractivity contribution in [2.45, 2.75) is 11.4 Å². The summed E-state index contributed by atoms with van der Waals surface area (Å²) in [5.41, 5.74) is 4.36. The second-order valence-corrected chi connectivity index (χ2v) is 13.3. The Kier molecular flexibility index (Phi) is 1.26. The van der Waals surface area contributed by atoms with E-state index in [2.05, 4.69) is 15.2 Å². The third-order valence-electron chi connectivity index (χ3n) is 2.42. The molecule has 0 aromatic carbocycles. The molecule has 0 atom stereocenters. The van der Waals surface area contributed by atoms with Crippen LogP contribution in [0.1, 0.15) is 0 Å². The van der Waals surface area contributed by atoms with Gasteiger partial charge in [0.05, 0.1) is 0 Å². The quantitative estimate of drug-likeness (QED) is 0.540. The fourth-order valence-corrected chi connectivity index (χ4v) is 7.77. The van der Waals surface area contributed by atoms with Gasteiger partial charge in [-0.25, -0.2) is 0 Å². The monoisotopic (exact) mass is 207 g/mol. The van der Waals surface area contributed by atoms with Crippen molar-refractivity contribution in [3.05, 3.63) is 0 Å². The molecular formula is C6H14AsNO2. The minimum absolute atomic E-state index is 0.874. The first-order valence-corrected chi connectivity index (χ1v) is 9.79. The molecule has 2 aliphatic heterocycles. The van der Waals surface area contributed by atoms with Crippen molar-refractivity contribution < 1.29 is 7.45 Å². The summed E-state index contributed by atoms with van der Waals surface area (Å²) >= 11 is -2.70. The van der Waals surface area contributed by atoms with Gasteiger partial charge in [-0.15, -0.1) is 0 Å². The van der Waals surface area contributed by atoms with Crippen LogP contribution in [0.15, 0.2) is 0 Å². The summed E-state index contributed by atoms with van der Waals surface area (Å²) in [5.74, 6) is 0. The topological polar surface area (TPSA) is 21.7 Å². The normalized spacial score (nSPS) is 40.4. The minimum atomic E-state index is -2.70. The van der Waals surface area contributed by atoms with Crippen LogP contribution in [0.3, 0.4) is 0 Å². The average molecular weight is 207 g/mol. The van der Waals surface area contributed by atoms with Crippen molar-refractivity contribution in [3.8, 4) is 0 Å². The van der Waals surface area contributed by atoms with Gasteiger partial charge in [-0.2, -0.15) is 0 Å². The molecule has 0 aromatic rings. The molecule has 0 saturated carbocycles. The van der Waals surface area contributed by atoms with Crippen molar-refractivity contribution >= 4 is 13.4 Å². The molecule has 0 N–H and O–H groups in total. The van der Waals surface area contributed by atoms with E-state index in [9.17, 15) is 0 Å². The van der Waals surface area contributed by atoms with E-state index in [-0.39, 0.29) is 0 Å². The standard InChI is InChI=1S/C6H14AsNO2/c1-7(2)8(3-5-9-7)4-6-10-7/h3-6H2,1-2H3. The Bertz CT molecular complexity index is 157. The van der Waals surface area contributed by atoms with Gasteiger partial charge in [0, 0.05) is 0 Å². The molecule has 2 saturated heterocycles. The van der Waals surface area contributed by atoms with Gasteiger partial charge in [-0.3, -0.25) is 0 Å². The second kappa shape index (κ2) is 1.78. The van der Waals surface area contributed by atoms with E-state index in [0.29, 0.717) is 0 Å². The summed E-state index contributed by atoms with van der Waals surface area (Å²) in [6, 6.07) is 0. The molecule has 0 aliphatic carbocycles. The summed E-state index contributed by atoms with van der Waals surface area (Å²) < 4.78 is 13.9. The van der Waals surface area contributed by atoms with Crippen LogP contribution in [0, 0.1) is 0 Å². The van der Waals surface area contributed by atoms with E-state index in [1.54, 1.807) is 0 Å². The van der Waals surface area contributed by atoms with Crippen LogP contribution in [0.25, 0.3) is 0 Å². The predicted octanol–water partition coefficient (Wildman–Crippen LogP) is 0.501. The van der Waals surface area contributed by atoms with Gasteiger partial charge in [0.2, 0.25) is 0 Å².